The van der Waals surface area contributed by atoms with Crippen LogP contribution in [-0.4, -0.2) is 25.4 Å². The first-order chi connectivity index (χ1) is 9.61. The molecule has 20 heavy (non-hydrogen) atoms. The molecule has 0 spiro atoms. The summed E-state index contributed by atoms with van der Waals surface area (Å²) in [6.45, 7) is 0.283. The van der Waals surface area contributed by atoms with Crippen molar-refractivity contribution in [3.8, 4) is 0 Å². The summed E-state index contributed by atoms with van der Waals surface area (Å²) >= 11 is 0. The number of amides is 2. The van der Waals surface area contributed by atoms with Gasteiger partial charge in [0.05, 0.1) is 5.56 Å². The van der Waals surface area contributed by atoms with Gasteiger partial charge >= 0.3 is 0 Å². The molecule has 0 aromatic heterocycles. The fourth-order valence-corrected chi connectivity index (χ4v) is 1.96. The first-order valence-electron chi connectivity index (χ1n) is 6.39. The molecule has 0 unspecified atom stereocenters. The Morgan fingerprint density at radius 2 is 1.80 bits per heavy atom. The normalized spacial score (nSPS) is 10.2. The van der Waals surface area contributed by atoms with Crippen molar-refractivity contribution in [1.82, 2.24) is 10.6 Å². The van der Waals surface area contributed by atoms with Gasteiger partial charge in [0, 0.05) is 25.7 Å². The van der Waals surface area contributed by atoms with Gasteiger partial charge in [-0.05, 0) is 22.9 Å². The molecule has 0 aliphatic carbocycles. The van der Waals surface area contributed by atoms with Crippen LogP contribution >= 0.6 is 0 Å². The third-order valence-electron chi connectivity index (χ3n) is 3.08. The standard InChI is InChI=1S/C15H17N3O2/c1-17-14(19)6-7-18-15(20)12-8-10-4-2-3-5-11(10)9-13(12)16/h2-5,8-9H,6-7,16H2,1H3,(H,17,19)(H,18,20). The molecule has 2 aromatic rings. The molecule has 0 aliphatic rings. The summed E-state index contributed by atoms with van der Waals surface area (Å²) < 4.78 is 0. The molecular formula is C15H17N3O2. The van der Waals surface area contributed by atoms with Gasteiger partial charge in [-0.25, -0.2) is 0 Å². The monoisotopic (exact) mass is 271 g/mol. The molecule has 0 radical (unpaired) electrons. The molecule has 5 heteroatoms. The summed E-state index contributed by atoms with van der Waals surface area (Å²) in [6.07, 6.45) is 0.246. The van der Waals surface area contributed by atoms with Crippen LogP contribution in [0.4, 0.5) is 5.69 Å². The minimum Gasteiger partial charge on any atom is -0.398 e. The lowest BCUT2D eigenvalue weighted by atomic mass is 10.0. The zero-order valence-electron chi connectivity index (χ0n) is 11.3. The summed E-state index contributed by atoms with van der Waals surface area (Å²) in [6, 6.07) is 11.2. The van der Waals surface area contributed by atoms with Crippen LogP contribution in [0.25, 0.3) is 10.8 Å². The average molecular weight is 271 g/mol. The number of carbonyl (C=O) groups excluding carboxylic acids is 2. The predicted molar refractivity (Wildman–Crippen MR) is 79.4 cm³/mol. The molecule has 2 aromatic carbocycles. The van der Waals surface area contributed by atoms with Crippen LogP contribution in [0, 0.1) is 0 Å². The van der Waals surface area contributed by atoms with Crippen LogP contribution in [0.2, 0.25) is 0 Å². The molecule has 0 fully saturated rings. The molecule has 0 heterocycles. The van der Waals surface area contributed by atoms with Gasteiger partial charge in [0.2, 0.25) is 5.91 Å². The molecule has 0 atom stereocenters. The molecule has 104 valence electrons. The van der Waals surface area contributed by atoms with Gasteiger partial charge in [-0.2, -0.15) is 0 Å². The number of hydrogen-bond acceptors (Lipinski definition) is 3. The Balaban J connectivity index is 2.13. The Hall–Kier alpha value is -2.56. The van der Waals surface area contributed by atoms with Crippen molar-refractivity contribution in [1.29, 1.82) is 0 Å². The summed E-state index contributed by atoms with van der Waals surface area (Å²) in [5.74, 6) is -0.381. The number of rotatable bonds is 4. The Morgan fingerprint density at radius 3 is 2.45 bits per heavy atom. The number of hydrogen-bond donors (Lipinski definition) is 3. The van der Waals surface area contributed by atoms with Gasteiger partial charge in [-0.3, -0.25) is 9.59 Å². The molecule has 2 rings (SSSR count). The largest absolute Gasteiger partial charge is 0.398 e. The van der Waals surface area contributed by atoms with Gasteiger partial charge in [-0.1, -0.05) is 24.3 Å². The van der Waals surface area contributed by atoms with Crippen molar-refractivity contribution in [2.24, 2.45) is 0 Å². The van der Waals surface area contributed by atoms with Crippen LogP contribution in [0.1, 0.15) is 16.8 Å². The molecule has 5 nitrogen and oxygen atoms in total. The van der Waals surface area contributed by atoms with E-state index in [4.69, 9.17) is 5.73 Å². The van der Waals surface area contributed by atoms with E-state index in [0.717, 1.165) is 10.8 Å². The summed E-state index contributed by atoms with van der Waals surface area (Å²) in [5.41, 5.74) is 6.77. The van der Waals surface area contributed by atoms with E-state index in [2.05, 4.69) is 10.6 Å². The minimum atomic E-state index is -0.267. The first-order valence-corrected chi connectivity index (χ1v) is 6.39. The maximum atomic E-state index is 12.1. The second-order valence-electron chi connectivity index (χ2n) is 4.47. The highest BCUT2D eigenvalue weighted by atomic mass is 16.2. The maximum Gasteiger partial charge on any atom is 0.253 e. The fourth-order valence-electron chi connectivity index (χ4n) is 1.96. The number of carbonyl (C=O) groups is 2. The highest BCUT2D eigenvalue weighted by Crippen LogP contribution is 2.21. The fraction of sp³-hybridized carbons (Fsp3) is 0.200. The van der Waals surface area contributed by atoms with Gasteiger partial charge in [0.25, 0.3) is 5.91 Å². The van der Waals surface area contributed by atoms with E-state index in [1.54, 1.807) is 19.2 Å². The first kappa shape index (κ1) is 13.9. The Labute approximate surface area is 117 Å². The maximum absolute atomic E-state index is 12.1. The molecular weight excluding hydrogens is 254 g/mol. The summed E-state index contributed by atoms with van der Waals surface area (Å²) in [7, 11) is 1.56. The lowest BCUT2D eigenvalue weighted by Crippen LogP contribution is -2.29. The highest BCUT2D eigenvalue weighted by molar-refractivity contribution is 6.04. The van der Waals surface area contributed by atoms with Crippen LogP contribution in [0.3, 0.4) is 0 Å². The lowest BCUT2D eigenvalue weighted by molar-refractivity contribution is -0.120. The van der Waals surface area contributed by atoms with Crippen molar-refractivity contribution >= 4 is 28.3 Å². The number of nitrogens with one attached hydrogen (secondary N) is 2. The van der Waals surface area contributed by atoms with Gasteiger partial charge in [-0.15, -0.1) is 0 Å². The van der Waals surface area contributed by atoms with E-state index >= 15 is 0 Å². The van der Waals surface area contributed by atoms with Gasteiger partial charge in [0.15, 0.2) is 0 Å². The zero-order chi connectivity index (χ0) is 14.5. The SMILES string of the molecule is CNC(=O)CCNC(=O)c1cc2ccccc2cc1N. The van der Waals surface area contributed by atoms with Gasteiger partial charge in [0.1, 0.15) is 0 Å². The Kier molecular flexibility index (Phi) is 4.20. The minimum absolute atomic E-state index is 0.114. The van der Waals surface area contributed by atoms with Crippen molar-refractivity contribution in [3.05, 3.63) is 42.0 Å². The van der Waals surface area contributed by atoms with E-state index in [-0.39, 0.29) is 24.8 Å². The van der Waals surface area contributed by atoms with Crippen LogP contribution in [0.15, 0.2) is 36.4 Å². The lowest BCUT2D eigenvalue weighted by Gasteiger charge is -2.09. The van der Waals surface area contributed by atoms with Crippen LogP contribution in [-0.2, 0) is 4.79 Å². The van der Waals surface area contributed by atoms with Crippen molar-refractivity contribution in [2.45, 2.75) is 6.42 Å². The Morgan fingerprint density at radius 1 is 1.15 bits per heavy atom. The van der Waals surface area contributed by atoms with E-state index < -0.39 is 0 Å². The topological polar surface area (TPSA) is 84.2 Å². The van der Waals surface area contributed by atoms with Crippen LogP contribution in [0.5, 0.6) is 0 Å². The summed E-state index contributed by atoms with van der Waals surface area (Å²) in [5, 5.41) is 7.14. The van der Waals surface area contributed by atoms with E-state index in [1.165, 1.54) is 0 Å². The molecule has 0 saturated heterocycles. The average Bonchev–Trinajstić information content (AvgIpc) is 2.46. The summed E-state index contributed by atoms with van der Waals surface area (Å²) in [4.78, 5) is 23.1. The quantitative estimate of drug-likeness (QED) is 0.733. The van der Waals surface area contributed by atoms with Crippen molar-refractivity contribution in [3.63, 3.8) is 0 Å². The van der Waals surface area contributed by atoms with E-state index in [1.807, 2.05) is 24.3 Å². The number of benzene rings is 2. The molecule has 0 aliphatic heterocycles. The Bertz CT molecular complexity index is 653. The molecule has 2 amide bonds. The smallest absolute Gasteiger partial charge is 0.253 e. The number of nitrogens with two attached hydrogens (primary N) is 1. The van der Waals surface area contributed by atoms with E-state index in [0.29, 0.717) is 11.3 Å². The van der Waals surface area contributed by atoms with E-state index in [9.17, 15) is 9.59 Å². The van der Waals surface area contributed by atoms with Gasteiger partial charge < -0.3 is 16.4 Å². The highest BCUT2D eigenvalue weighted by Gasteiger charge is 2.11. The third kappa shape index (κ3) is 3.06. The number of nitrogen functional groups attached to an aromatic ring is 1. The molecule has 0 bridgehead atoms. The second-order valence-corrected chi connectivity index (χ2v) is 4.47. The molecule has 0 saturated carbocycles. The van der Waals surface area contributed by atoms with Crippen LogP contribution < -0.4 is 16.4 Å². The number of anilines is 1. The second kappa shape index (κ2) is 6.06. The predicted octanol–water partition coefficient (Wildman–Crippen LogP) is 1.29. The molecule has 4 N–H and O–H groups in total. The number of fused-ring (bicyclic) bond motifs is 1. The third-order valence-corrected chi connectivity index (χ3v) is 3.08. The van der Waals surface area contributed by atoms with Crippen molar-refractivity contribution in [2.75, 3.05) is 19.3 Å². The zero-order valence-corrected chi connectivity index (χ0v) is 11.3. The van der Waals surface area contributed by atoms with Crippen molar-refractivity contribution < 1.29 is 9.59 Å².